The fourth-order valence-corrected chi connectivity index (χ4v) is 4.43. The maximum Gasteiger partial charge on any atom is 0.253 e. The first-order chi connectivity index (χ1) is 16.3. The molecule has 0 unspecified atom stereocenters. The Balaban J connectivity index is 1.57. The highest BCUT2D eigenvalue weighted by Crippen LogP contribution is 2.25. The summed E-state index contributed by atoms with van der Waals surface area (Å²) in [6.45, 7) is 3.27. The molecule has 4 rings (SSSR count). The number of carbonyl (C=O) groups is 3. The predicted molar refractivity (Wildman–Crippen MR) is 128 cm³/mol. The van der Waals surface area contributed by atoms with Crippen LogP contribution in [-0.4, -0.2) is 52.0 Å². The number of aromatic hydroxyl groups is 1. The SMILES string of the molecule is C[C@H]1OCC(=O)[C@]1(C)NC(=O)[C@H](Cc1ccc(O)cc1)NC(=O)c1cncc(-c2cccs2)c1. The Labute approximate surface area is 201 Å². The quantitative estimate of drug-likeness (QED) is 0.480. The van der Waals surface area contributed by atoms with E-state index < -0.39 is 29.5 Å². The van der Waals surface area contributed by atoms with Crippen LogP contribution in [0.2, 0.25) is 0 Å². The van der Waals surface area contributed by atoms with Crippen LogP contribution in [0.15, 0.2) is 60.2 Å². The molecular weight excluding hydrogens is 454 g/mol. The van der Waals surface area contributed by atoms with Crippen molar-refractivity contribution in [2.24, 2.45) is 0 Å². The molecule has 3 atom stereocenters. The fourth-order valence-electron chi connectivity index (χ4n) is 3.72. The minimum absolute atomic E-state index is 0.0753. The smallest absolute Gasteiger partial charge is 0.253 e. The molecule has 2 amide bonds. The number of nitrogens with zero attached hydrogens (tertiary/aromatic N) is 1. The first-order valence-electron chi connectivity index (χ1n) is 10.8. The van der Waals surface area contributed by atoms with E-state index in [9.17, 15) is 19.5 Å². The minimum Gasteiger partial charge on any atom is -0.508 e. The van der Waals surface area contributed by atoms with E-state index in [1.807, 2.05) is 17.5 Å². The van der Waals surface area contributed by atoms with Crippen LogP contribution in [0.25, 0.3) is 10.4 Å². The molecule has 1 aliphatic heterocycles. The lowest BCUT2D eigenvalue weighted by molar-refractivity contribution is -0.130. The van der Waals surface area contributed by atoms with Gasteiger partial charge < -0.3 is 20.5 Å². The highest BCUT2D eigenvalue weighted by Gasteiger charge is 2.47. The molecule has 2 aromatic heterocycles. The Bertz CT molecular complexity index is 1200. The van der Waals surface area contributed by atoms with Gasteiger partial charge >= 0.3 is 0 Å². The summed E-state index contributed by atoms with van der Waals surface area (Å²) in [5.74, 6) is -1.09. The fraction of sp³-hybridized carbons (Fsp3) is 0.280. The number of ketones is 1. The van der Waals surface area contributed by atoms with Crippen LogP contribution >= 0.6 is 11.3 Å². The molecule has 9 heteroatoms. The first-order valence-corrected chi connectivity index (χ1v) is 11.7. The Morgan fingerprint density at radius 1 is 1.26 bits per heavy atom. The van der Waals surface area contributed by atoms with Gasteiger partial charge in [-0.1, -0.05) is 18.2 Å². The molecule has 0 spiro atoms. The Kier molecular flexibility index (Phi) is 6.76. The molecule has 3 heterocycles. The second-order valence-electron chi connectivity index (χ2n) is 8.40. The van der Waals surface area contributed by atoms with Crippen molar-refractivity contribution in [3.8, 4) is 16.2 Å². The van der Waals surface area contributed by atoms with Gasteiger partial charge in [-0.05, 0) is 49.1 Å². The van der Waals surface area contributed by atoms with E-state index in [4.69, 9.17) is 4.74 Å². The summed E-state index contributed by atoms with van der Waals surface area (Å²) in [7, 11) is 0. The van der Waals surface area contributed by atoms with Gasteiger partial charge in [0.25, 0.3) is 5.91 Å². The zero-order valence-corrected chi connectivity index (χ0v) is 19.6. The van der Waals surface area contributed by atoms with Crippen molar-refractivity contribution in [1.82, 2.24) is 15.6 Å². The number of hydrogen-bond acceptors (Lipinski definition) is 7. The number of thiophene rings is 1. The zero-order chi connectivity index (χ0) is 24.3. The topological polar surface area (TPSA) is 118 Å². The lowest BCUT2D eigenvalue weighted by Crippen LogP contribution is -2.60. The van der Waals surface area contributed by atoms with Crippen molar-refractivity contribution >= 4 is 28.9 Å². The number of pyridine rings is 1. The van der Waals surface area contributed by atoms with Crippen molar-refractivity contribution in [2.45, 2.75) is 38.0 Å². The van der Waals surface area contributed by atoms with E-state index in [2.05, 4.69) is 15.6 Å². The minimum atomic E-state index is -1.18. The van der Waals surface area contributed by atoms with Crippen LogP contribution in [0.3, 0.4) is 0 Å². The molecule has 3 aromatic rings. The normalized spacial score (nSPS) is 20.6. The van der Waals surface area contributed by atoms with Gasteiger partial charge in [0.1, 0.15) is 23.9 Å². The summed E-state index contributed by atoms with van der Waals surface area (Å²) in [4.78, 5) is 43.9. The number of rotatable bonds is 7. The molecule has 8 nitrogen and oxygen atoms in total. The number of Topliss-reactive ketones (excluding diaryl/α,β-unsaturated/α-hetero) is 1. The van der Waals surface area contributed by atoms with Gasteiger partial charge in [0.2, 0.25) is 5.91 Å². The van der Waals surface area contributed by atoms with Crippen molar-refractivity contribution < 1.29 is 24.2 Å². The van der Waals surface area contributed by atoms with Gasteiger partial charge in [-0.3, -0.25) is 19.4 Å². The van der Waals surface area contributed by atoms with Gasteiger partial charge in [0.15, 0.2) is 5.78 Å². The molecule has 0 bridgehead atoms. The Hall–Kier alpha value is -3.56. The van der Waals surface area contributed by atoms with Gasteiger partial charge in [-0.25, -0.2) is 0 Å². The second-order valence-corrected chi connectivity index (χ2v) is 9.35. The van der Waals surface area contributed by atoms with Gasteiger partial charge in [0, 0.05) is 29.3 Å². The highest BCUT2D eigenvalue weighted by atomic mass is 32.1. The number of carbonyl (C=O) groups excluding carboxylic acids is 3. The summed E-state index contributed by atoms with van der Waals surface area (Å²) in [6, 6.07) is 11.0. The van der Waals surface area contributed by atoms with E-state index in [1.54, 1.807) is 38.2 Å². The second kappa shape index (κ2) is 9.74. The van der Waals surface area contributed by atoms with Crippen LogP contribution in [0.1, 0.15) is 29.8 Å². The zero-order valence-electron chi connectivity index (χ0n) is 18.8. The van der Waals surface area contributed by atoms with Crippen LogP contribution in [0, 0.1) is 0 Å². The lowest BCUT2D eigenvalue weighted by Gasteiger charge is -2.30. The highest BCUT2D eigenvalue weighted by molar-refractivity contribution is 7.13. The molecule has 176 valence electrons. The standard InChI is InChI=1S/C25H25N3O5S/c1-15-25(2,22(30)14-33-15)28-24(32)20(10-16-5-7-19(29)8-6-16)27-23(31)18-11-17(12-26-13-18)21-4-3-9-34-21/h3-9,11-13,15,20,29H,10,14H2,1-2H3,(H,27,31)(H,28,32)/t15-,20+,25-/m1/s1. The Morgan fingerprint density at radius 2 is 2.03 bits per heavy atom. The van der Waals surface area contributed by atoms with E-state index in [0.717, 1.165) is 16.0 Å². The number of hydrogen-bond donors (Lipinski definition) is 3. The average molecular weight is 480 g/mol. The molecule has 34 heavy (non-hydrogen) atoms. The molecule has 3 N–H and O–H groups in total. The number of nitrogens with one attached hydrogen (secondary N) is 2. The summed E-state index contributed by atoms with van der Waals surface area (Å²) < 4.78 is 5.41. The maximum absolute atomic E-state index is 13.3. The Morgan fingerprint density at radius 3 is 2.68 bits per heavy atom. The van der Waals surface area contributed by atoms with Crippen molar-refractivity contribution in [3.63, 3.8) is 0 Å². The number of benzene rings is 1. The van der Waals surface area contributed by atoms with Crippen LogP contribution in [-0.2, 0) is 20.7 Å². The van der Waals surface area contributed by atoms with Crippen molar-refractivity contribution in [1.29, 1.82) is 0 Å². The molecule has 1 aliphatic rings. The van der Waals surface area contributed by atoms with Crippen LogP contribution in [0.4, 0.5) is 0 Å². The number of phenolic OH excluding ortho intramolecular Hbond substituents is 1. The van der Waals surface area contributed by atoms with Crippen LogP contribution < -0.4 is 10.6 Å². The summed E-state index contributed by atoms with van der Waals surface area (Å²) in [6.07, 6.45) is 2.78. The molecule has 1 fully saturated rings. The molecule has 1 saturated heterocycles. The maximum atomic E-state index is 13.3. The number of ether oxygens (including phenoxy) is 1. The third-order valence-corrected chi connectivity index (χ3v) is 6.96. The largest absolute Gasteiger partial charge is 0.508 e. The van der Waals surface area contributed by atoms with Crippen molar-refractivity contribution in [2.75, 3.05) is 6.61 Å². The first kappa shape index (κ1) is 23.6. The molecule has 1 aromatic carbocycles. The van der Waals surface area contributed by atoms with E-state index in [0.29, 0.717) is 5.56 Å². The van der Waals surface area contributed by atoms with E-state index >= 15 is 0 Å². The number of amides is 2. The molecule has 0 radical (unpaired) electrons. The van der Waals surface area contributed by atoms with Gasteiger partial charge in [-0.15, -0.1) is 11.3 Å². The average Bonchev–Trinajstić information content (AvgIpc) is 3.45. The van der Waals surface area contributed by atoms with Gasteiger partial charge in [0.05, 0.1) is 11.7 Å². The third-order valence-electron chi connectivity index (χ3n) is 6.04. The van der Waals surface area contributed by atoms with E-state index in [1.165, 1.54) is 29.7 Å². The summed E-state index contributed by atoms with van der Waals surface area (Å²) in [5, 5.41) is 17.1. The predicted octanol–water partition coefficient (Wildman–Crippen LogP) is 2.72. The molecular formula is C25H25N3O5S. The van der Waals surface area contributed by atoms with Crippen LogP contribution in [0.5, 0.6) is 5.75 Å². The summed E-state index contributed by atoms with van der Waals surface area (Å²) >= 11 is 1.54. The monoisotopic (exact) mass is 479 g/mol. The lowest BCUT2D eigenvalue weighted by atomic mass is 9.92. The number of phenols is 1. The van der Waals surface area contributed by atoms with Gasteiger partial charge in [-0.2, -0.15) is 0 Å². The molecule has 0 saturated carbocycles. The molecule has 0 aliphatic carbocycles. The van der Waals surface area contributed by atoms with Crippen molar-refractivity contribution in [3.05, 3.63) is 71.4 Å². The third kappa shape index (κ3) is 5.00. The summed E-state index contributed by atoms with van der Waals surface area (Å²) in [5.41, 5.74) is 0.665. The number of aromatic nitrogens is 1. The van der Waals surface area contributed by atoms with E-state index in [-0.39, 0.29) is 24.6 Å².